The van der Waals surface area contributed by atoms with Gasteiger partial charge in [0.15, 0.2) is 5.78 Å². The first-order chi connectivity index (χ1) is 8.88. The molecule has 3 rings (SSSR count). The Kier molecular flexibility index (Phi) is 2.54. The van der Waals surface area contributed by atoms with Gasteiger partial charge in [0.1, 0.15) is 0 Å². The van der Waals surface area contributed by atoms with Gasteiger partial charge in [0.25, 0.3) is 0 Å². The number of fused-ring (bicyclic) bond motifs is 2. The molecule has 2 aliphatic carbocycles. The lowest BCUT2D eigenvalue weighted by atomic mass is 9.65. The molecule has 0 saturated heterocycles. The van der Waals surface area contributed by atoms with Crippen LogP contribution >= 0.6 is 0 Å². The van der Waals surface area contributed by atoms with Gasteiger partial charge in [0.05, 0.1) is 0 Å². The minimum absolute atomic E-state index is 0.0616. The van der Waals surface area contributed by atoms with Crippen LogP contribution in [0.2, 0.25) is 0 Å². The average Bonchev–Trinajstić information content (AvgIpc) is 2.68. The summed E-state index contributed by atoms with van der Waals surface area (Å²) in [5, 5.41) is 0. The molecule has 100 valence electrons. The van der Waals surface area contributed by atoms with E-state index in [1.165, 1.54) is 11.1 Å². The number of ketones is 1. The van der Waals surface area contributed by atoms with Gasteiger partial charge in [-0.1, -0.05) is 50.3 Å². The van der Waals surface area contributed by atoms with Crippen LogP contribution in [-0.4, -0.2) is 5.78 Å². The second-order valence-electron chi connectivity index (χ2n) is 6.91. The number of carbonyl (C=O) groups excluding carboxylic acids is 1. The molecule has 1 aromatic carbocycles. The van der Waals surface area contributed by atoms with Crippen LogP contribution in [0.1, 0.15) is 37.8 Å². The molecule has 1 heteroatoms. The second kappa shape index (κ2) is 3.82. The van der Waals surface area contributed by atoms with Gasteiger partial charge in [-0.3, -0.25) is 4.79 Å². The van der Waals surface area contributed by atoms with Crippen molar-refractivity contribution in [1.82, 2.24) is 0 Å². The fourth-order valence-corrected chi connectivity index (χ4v) is 4.34. The zero-order chi connectivity index (χ0) is 13.8. The predicted molar refractivity (Wildman–Crippen MR) is 78.0 cm³/mol. The maximum absolute atomic E-state index is 12.7. The average molecular weight is 254 g/mol. The maximum atomic E-state index is 12.7. The Morgan fingerprint density at radius 2 is 1.89 bits per heavy atom. The Morgan fingerprint density at radius 3 is 2.42 bits per heavy atom. The van der Waals surface area contributed by atoms with Gasteiger partial charge < -0.3 is 0 Å². The molecule has 19 heavy (non-hydrogen) atoms. The summed E-state index contributed by atoms with van der Waals surface area (Å²) >= 11 is 0. The molecular weight excluding hydrogens is 232 g/mol. The molecule has 2 fully saturated rings. The van der Waals surface area contributed by atoms with Crippen LogP contribution < -0.4 is 0 Å². The van der Waals surface area contributed by atoms with E-state index in [1.54, 1.807) is 0 Å². The molecule has 2 unspecified atom stereocenters. The van der Waals surface area contributed by atoms with Gasteiger partial charge in [0, 0.05) is 5.41 Å². The molecule has 0 radical (unpaired) electrons. The number of allylic oxidation sites excluding steroid dienone is 1. The maximum Gasteiger partial charge on any atom is 0.165 e. The van der Waals surface area contributed by atoms with Gasteiger partial charge in [-0.25, -0.2) is 0 Å². The van der Waals surface area contributed by atoms with Crippen LogP contribution in [0.15, 0.2) is 36.4 Å². The van der Waals surface area contributed by atoms with Crippen molar-refractivity contribution in [2.24, 2.45) is 16.7 Å². The van der Waals surface area contributed by atoms with E-state index < -0.39 is 0 Å². The highest BCUT2D eigenvalue weighted by Gasteiger charge is 2.65. The standard InChI is InChI=1S/C18H22O/c1-12-5-7-14(8-6-12)11-18-10-9-15(17(18,3)4)13(2)16(18)19/h5-8,15H,2,9-11H2,1,3-4H3. The highest BCUT2D eigenvalue weighted by Crippen LogP contribution is 2.66. The van der Waals surface area contributed by atoms with E-state index in [0.29, 0.717) is 11.7 Å². The van der Waals surface area contributed by atoms with Crippen molar-refractivity contribution in [3.63, 3.8) is 0 Å². The molecular formula is C18H22O. The minimum atomic E-state index is -0.204. The number of Topliss-reactive ketones (excluding diaryl/α,β-unsaturated/α-hetero) is 1. The van der Waals surface area contributed by atoms with E-state index in [4.69, 9.17) is 0 Å². The lowest BCUT2D eigenvalue weighted by Crippen LogP contribution is -2.38. The fraction of sp³-hybridized carbons (Fsp3) is 0.500. The SMILES string of the molecule is C=C1C(=O)C2(Cc3ccc(C)cc3)CCC1C2(C)C. The zero-order valence-electron chi connectivity index (χ0n) is 12.1. The Labute approximate surface area is 115 Å². The molecule has 2 bridgehead atoms. The number of benzene rings is 1. The Balaban J connectivity index is 2.00. The topological polar surface area (TPSA) is 17.1 Å². The quantitative estimate of drug-likeness (QED) is 0.726. The van der Waals surface area contributed by atoms with E-state index >= 15 is 0 Å². The third-order valence-electron chi connectivity index (χ3n) is 5.74. The summed E-state index contributed by atoms with van der Waals surface area (Å²) in [4.78, 5) is 12.7. The van der Waals surface area contributed by atoms with E-state index in [-0.39, 0.29) is 10.8 Å². The molecule has 0 aliphatic heterocycles. The molecule has 0 heterocycles. The fourth-order valence-electron chi connectivity index (χ4n) is 4.34. The number of hydrogen-bond acceptors (Lipinski definition) is 1. The van der Waals surface area contributed by atoms with Crippen LogP contribution in [0.25, 0.3) is 0 Å². The van der Waals surface area contributed by atoms with Gasteiger partial charge in [0.2, 0.25) is 0 Å². The van der Waals surface area contributed by atoms with E-state index in [2.05, 4.69) is 51.6 Å². The third-order valence-corrected chi connectivity index (χ3v) is 5.74. The predicted octanol–water partition coefficient (Wildman–Crippen LogP) is 4.10. The van der Waals surface area contributed by atoms with Crippen LogP contribution in [0.5, 0.6) is 0 Å². The van der Waals surface area contributed by atoms with Crippen molar-refractivity contribution < 1.29 is 4.79 Å². The lowest BCUT2D eigenvalue weighted by Gasteiger charge is -2.36. The second-order valence-corrected chi connectivity index (χ2v) is 6.91. The first-order valence-electron chi connectivity index (χ1n) is 7.18. The van der Waals surface area contributed by atoms with E-state index in [0.717, 1.165) is 24.8 Å². The smallest absolute Gasteiger partial charge is 0.165 e. The normalized spacial score (nSPS) is 32.1. The molecule has 1 aromatic rings. The summed E-state index contributed by atoms with van der Waals surface area (Å²) in [5.41, 5.74) is 3.29. The minimum Gasteiger partial charge on any atom is -0.294 e. The third kappa shape index (κ3) is 1.51. The number of hydrogen-bond donors (Lipinski definition) is 0. The summed E-state index contributed by atoms with van der Waals surface area (Å²) in [6.07, 6.45) is 3.02. The molecule has 2 aliphatic rings. The number of aryl methyl sites for hydroxylation is 1. The molecule has 2 atom stereocenters. The van der Waals surface area contributed by atoms with Crippen molar-refractivity contribution in [2.45, 2.75) is 40.0 Å². The first-order valence-corrected chi connectivity index (χ1v) is 7.18. The van der Waals surface area contributed by atoms with Crippen LogP contribution in [-0.2, 0) is 11.2 Å². The summed E-state index contributed by atoms with van der Waals surface area (Å²) in [5.74, 6) is 0.722. The van der Waals surface area contributed by atoms with Gasteiger partial charge in [-0.15, -0.1) is 0 Å². The summed E-state index contributed by atoms with van der Waals surface area (Å²) in [6, 6.07) is 8.61. The monoisotopic (exact) mass is 254 g/mol. The Hall–Kier alpha value is -1.37. The van der Waals surface area contributed by atoms with E-state index in [9.17, 15) is 4.79 Å². The molecule has 0 spiro atoms. The van der Waals surface area contributed by atoms with E-state index in [1.807, 2.05) is 0 Å². The Bertz CT molecular complexity index is 550. The lowest BCUT2D eigenvalue weighted by molar-refractivity contribution is -0.126. The van der Waals surface area contributed by atoms with Crippen molar-refractivity contribution >= 4 is 5.78 Å². The van der Waals surface area contributed by atoms with Gasteiger partial charge in [-0.05, 0) is 48.7 Å². The largest absolute Gasteiger partial charge is 0.294 e. The van der Waals surface area contributed by atoms with Gasteiger partial charge in [-0.2, -0.15) is 0 Å². The molecule has 2 saturated carbocycles. The zero-order valence-corrected chi connectivity index (χ0v) is 12.1. The summed E-state index contributed by atoms with van der Waals surface area (Å²) < 4.78 is 0. The van der Waals surface area contributed by atoms with Crippen molar-refractivity contribution in [3.05, 3.63) is 47.5 Å². The van der Waals surface area contributed by atoms with Crippen molar-refractivity contribution in [2.75, 3.05) is 0 Å². The number of carbonyl (C=O) groups is 1. The van der Waals surface area contributed by atoms with Crippen LogP contribution in [0.4, 0.5) is 0 Å². The Morgan fingerprint density at radius 1 is 1.26 bits per heavy atom. The summed E-state index contributed by atoms with van der Waals surface area (Å²) in [6.45, 7) is 10.7. The van der Waals surface area contributed by atoms with Crippen LogP contribution in [0.3, 0.4) is 0 Å². The van der Waals surface area contributed by atoms with Gasteiger partial charge >= 0.3 is 0 Å². The summed E-state index contributed by atoms with van der Waals surface area (Å²) in [7, 11) is 0. The van der Waals surface area contributed by atoms with Crippen LogP contribution in [0, 0.1) is 23.7 Å². The highest BCUT2D eigenvalue weighted by molar-refractivity contribution is 6.04. The highest BCUT2D eigenvalue weighted by atomic mass is 16.1. The molecule has 0 N–H and O–H groups in total. The molecule has 0 amide bonds. The molecule has 0 aromatic heterocycles. The van der Waals surface area contributed by atoms with Crippen molar-refractivity contribution in [3.8, 4) is 0 Å². The first kappa shape index (κ1) is 12.7. The molecule has 1 nitrogen and oxygen atoms in total. The number of rotatable bonds is 2. The van der Waals surface area contributed by atoms with Crippen molar-refractivity contribution in [1.29, 1.82) is 0 Å².